The van der Waals surface area contributed by atoms with Crippen LogP contribution in [0.3, 0.4) is 0 Å². The van der Waals surface area contributed by atoms with Gasteiger partial charge >= 0.3 is 0 Å². The van der Waals surface area contributed by atoms with Crippen molar-refractivity contribution in [1.29, 1.82) is 0 Å². The summed E-state index contributed by atoms with van der Waals surface area (Å²) >= 11 is 0. The van der Waals surface area contributed by atoms with Gasteiger partial charge in [0.2, 0.25) is 0 Å². The summed E-state index contributed by atoms with van der Waals surface area (Å²) < 4.78 is 67.7. The zero-order valence-corrected chi connectivity index (χ0v) is 32.4. The van der Waals surface area contributed by atoms with Gasteiger partial charge in [0.15, 0.2) is 0 Å². The maximum absolute atomic E-state index is 13.5. The summed E-state index contributed by atoms with van der Waals surface area (Å²) in [6.07, 6.45) is 0. The predicted octanol–water partition coefficient (Wildman–Crippen LogP) is 8.09. The average molecular weight is 791 g/mol. The van der Waals surface area contributed by atoms with Gasteiger partial charge in [0.1, 0.15) is 11.5 Å². The molecule has 0 fully saturated rings. The van der Waals surface area contributed by atoms with Crippen molar-refractivity contribution in [2.75, 3.05) is 34.3 Å². The molecule has 0 saturated heterocycles. The summed E-state index contributed by atoms with van der Waals surface area (Å²) in [5, 5.41) is 5.78. The molecular formula is C42H38N4O8S2. The second-order valence-corrected chi connectivity index (χ2v) is 16.0. The summed E-state index contributed by atoms with van der Waals surface area (Å²) in [5.74, 6) is 0.0217. The van der Waals surface area contributed by atoms with Crippen LogP contribution in [0, 0.1) is 13.8 Å². The normalized spacial score (nSPS) is 11.3. The Labute approximate surface area is 325 Å². The highest BCUT2D eigenvalue weighted by molar-refractivity contribution is 7.93. The zero-order chi connectivity index (χ0) is 40.0. The number of amides is 2. The van der Waals surface area contributed by atoms with Gasteiger partial charge in [-0.3, -0.25) is 19.0 Å². The molecule has 0 spiro atoms. The molecule has 2 amide bonds. The highest BCUT2D eigenvalue weighted by Crippen LogP contribution is 2.30. The van der Waals surface area contributed by atoms with E-state index in [1.54, 1.807) is 36.4 Å². The van der Waals surface area contributed by atoms with E-state index in [0.717, 1.165) is 22.3 Å². The fraction of sp³-hybridized carbons (Fsp3) is 0.0952. The smallest absolute Gasteiger partial charge is 0.261 e. The van der Waals surface area contributed by atoms with Gasteiger partial charge in [0.05, 0.1) is 46.5 Å². The number of nitrogens with one attached hydrogen (secondary N) is 4. The van der Waals surface area contributed by atoms with Crippen molar-refractivity contribution in [2.24, 2.45) is 0 Å². The van der Waals surface area contributed by atoms with E-state index in [-0.39, 0.29) is 32.3 Å². The van der Waals surface area contributed by atoms with Crippen LogP contribution < -0.4 is 29.6 Å². The molecule has 0 heterocycles. The monoisotopic (exact) mass is 790 g/mol. The van der Waals surface area contributed by atoms with E-state index in [2.05, 4.69) is 20.1 Å². The molecule has 0 aromatic heterocycles. The lowest BCUT2D eigenvalue weighted by atomic mass is 9.99. The summed E-state index contributed by atoms with van der Waals surface area (Å²) in [6.45, 7) is 3.69. The molecule has 0 aliphatic carbocycles. The molecule has 0 radical (unpaired) electrons. The molecule has 6 aromatic rings. The van der Waals surface area contributed by atoms with Gasteiger partial charge < -0.3 is 20.1 Å². The van der Waals surface area contributed by atoms with Crippen LogP contribution in [0.5, 0.6) is 11.5 Å². The number of aryl methyl sites for hydroxylation is 2. The number of para-hydroxylation sites is 2. The quantitative estimate of drug-likeness (QED) is 0.0910. The standard InChI is InChI=1S/C42H38N4O8S2/c1-27-25-29(13-23-37(27)43-41(47)35-9-5-7-11-39(35)45-55(49,50)33-19-15-31(53-3)16-20-33)30-14-24-38(28(2)26-30)44-42(48)36-10-6-8-12-40(36)46-56(51,52)34-21-17-32(54-4)18-22-34/h5-26,45-46H,1-4H3,(H,43,47)(H,44,48). The van der Waals surface area contributed by atoms with Gasteiger partial charge in [-0.1, -0.05) is 36.4 Å². The maximum Gasteiger partial charge on any atom is 0.261 e. The van der Waals surface area contributed by atoms with Crippen molar-refractivity contribution in [3.05, 3.63) is 156 Å². The Bertz CT molecular complexity index is 2460. The van der Waals surface area contributed by atoms with E-state index < -0.39 is 31.9 Å². The first-order valence-electron chi connectivity index (χ1n) is 17.1. The summed E-state index contributed by atoms with van der Waals surface area (Å²) in [4.78, 5) is 27.0. The van der Waals surface area contributed by atoms with Gasteiger partial charge in [0, 0.05) is 11.4 Å². The van der Waals surface area contributed by atoms with Gasteiger partial charge in [-0.2, -0.15) is 0 Å². The third-order valence-corrected chi connectivity index (χ3v) is 11.6. The SMILES string of the molecule is COc1ccc(S(=O)(=O)Nc2ccccc2C(=O)Nc2ccc(-c3ccc(NC(=O)c4ccccc4NS(=O)(=O)c4ccc(OC)cc4)c(C)c3)cc2C)cc1. The minimum atomic E-state index is -4.00. The molecule has 0 aliphatic heterocycles. The average Bonchev–Trinajstić information content (AvgIpc) is 3.19. The molecule has 0 aliphatic rings. The predicted molar refractivity (Wildman–Crippen MR) is 218 cm³/mol. The van der Waals surface area contributed by atoms with Crippen LogP contribution in [-0.4, -0.2) is 42.9 Å². The molecule has 0 bridgehead atoms. The third kappa shape index (κ3) is 8.83. The number of carbonyl (C=O) groups is 2. The number of ether oxygens (including phenoxy) is 2. The van der Waals surface area contributed by atoms with E-state index in [4.69, 9.17) is 9.47 Å². The van der Waals surface area contributed by atoms with Gasteiger partial charge in [-0.25, -0.2) is 16.8 Å². The van der Waals surface area contributed by atoms with E-state index in [1.165, 1.54) is 87.0 Å². The Balaban J connectivity index is 1.14. The molecule has 6 rings (SSSR count). The zero-order valence-electron chi connectivity index (χ0n) is 30.8. The van der Waals surface area contributed by atoms with E-state index in [9.17, 15) is 26.4 Å². The number of hydrogen-bond acceptors (Lipinski definition) is 8. The van der Waals surface area contributed by atoms with Crippen molar-refractivity contribution in [3.63, 3.8) is 0 Å². The van der Waals surface area contributed by atoms with Gasteiger partial charge in [0.25, 0.3) is 31.9 Å². The number of hydrogen-bond donors (Lipinski definition) is 4. The van der Waals surface area contributed by atoms with E-state index in [0.29, 0.717) is 22.9 Å². The topological polar surface area (TPSA) is 169 Å². The maximum atomic E-state index is 13.5. The van der Waals surface area contributed by atoms with Crippen molar-refractivity contribution < 1.29 is 35.9 Å². The largest absolute Gasteiger partial charge is 0.497 e. The minimum absolute atomic E-state index is 0.0162. The summed E-state index contributed by atoms with van der Waals surface area (Å²) in [7, 11) is -5.02. The first kappa shape index (κ1) is 39.1. The van der Waals surface area contributed by atoms with Crippen LogP contribution in [0.1, 0.15) is 31.8 Å². The molecule has 0 atom stereocenters. The lowest BCUT2D eigenvalue weighted by molar-refractivity contribution is 0.101. The Morgan fingerprint density at radius 2 is 0.821 bits per heavy atom. The highest BCUT2D eigenvalue weighted by atomic mass is 32.2. The number of methoxy groups -OCH3 is 2. The van der Waals surface area contributed by atoms with Gasteiger partial charge in [-0.05, 0) is 133 Å². The summed E-state index contributed by atoms with van der Waals surface area (Å²) in [5.41, 5.74) is 4.82. The van der Waals surface area contributed by atoms with Crippen LogP contribution >= 0.6 is 0 Å². The molecule has 0 unspecified atom stereocenters. The van der Waals surface area contributed by atoms with Crippen molar-refractivity contribution in [3.8, 4) is 22.6 Å². The van der Waals surface area contributed by atoms with Crippen LogP contribution in [0.2, 0.25) is 0 Å². The third-order valence-electron chi connectivity index (χ3n) is 8.85. The molecule has 14 heteroatoms. The number of anilines is 4. The number of carbonyl (C=O) groups excluding carboxylic acids is 2. The lowest BCUT2D eigenvalue weighted by Gasteiger charge is -2.16. The van der Waals surface area contributed by atoms with Crippen molar-refractivity contribution in [1.82, 2.24) is 0 Å². The Morgan fingerprint density at radius 3 is 1.16 bits per heavy atom. The second-order valence-electron chi connectivity index (χ2n) is 12.6. The number of sulfonamides is 2. The minimum Gasteiger partial charge on any atom is -0.497 e. The van der Waals surface area contributed by atoms with E-state index in [1.807, 2.05) is 38.1 Å². The number of benzene rings is 6. The van der Waals surface area contributed by atoms with Crippen molar-refractivity contribution >= 4 is 54.6 Å². The molecule has 4 N–H and O–H groups in total. The molecule has 0 saturated carbocycles. The molecule has 12 nitrogen and oxygen atoms in total. The van der Waals surface area contributed by atoms with E-state index >= 15 is 0 Å². The van der Waals surface area contributed by atoms with Crippen LogP contribution in [0.25, 0.3) is 11.1 Å². The molecular weight excluding hydrogens is 753 g/mol. The first-order valence-corrected chi connectivity index (χ1v) is 20.1. The molecule has 6 aromatic carbocycles. The molecule has 286 valence electrons. The fourth-order valence-corrected chi connectivity index (χ4v) is 7.96. The molecule has 56 heavy (non-hydrogen) atoms. The highest BCUT2D eigenvalue weighted by Gasteiger charge is 2.21. The van der Waals surface area contributed by atoms with Crippen molar-refractivity contribution in [2.45, 2.75) is 23.6 Å². The summed E-state index contributed by atoms with van der Waals surface area (Å²) in [6, 6.07) is 35.5. The Morgan fingerprint density at radius 1 is 0.464 bits per heavy atom. The van der Waals surface area contributed by atoms with Crippen LogP contribution in [0.4, 0.5) is 22.7 Å². The van der Waals surface area contributed by atoms with Crippen LogP contribution in [-0.2, 0) is 20.0 Å². The lowest BCUT2D eigenvalue weighted by Crippen LogP contribution is -2.19. The first-order chi connectivity index (χ1) is 26.8. The van der Waals surface area contributed by atoms with Gasteiger partial charge in [-0.15, -0.1) is 0 Å². The second kappa shape index (κ2) is 16.4. The Hall–Kier alpha value is -6.64. The number of rotatable bonds is 13. The fourth-order valence-electron chi connectivity index (χ4n) is 5.80. The van der Waals surface area contributed by atoms with Crippen LogP contribution in [0.15, 0.2) is 143 Å². The Kier molecular flexibility index (Phi) is 11.4.